The Hall–Kier alpha value is -2.70. The Morgan fingerprint density at radius 1 is 1.29 bits per heavy atom. The third-order valence-electron chi connectivity index (χ3n) is 4.74. The summed E-state index contributed by atoms with van der Waals surface area (Å²) in [5, 5.41) is 18.3. The SMILES string of the molecule is CC1CCC2(CC1)NC(=O)N(/N=C\c1ccc(C(=O)[O-])cc1)C2=O. The first kappa shape index (κ1) is 16.2. The number of aromatic carboxylic acids is 1. The van der Waals surface area contributed by atoms with Crippen LogP contribution in [0.4, 0.5) is 4.79 Å². The molecule has 2 fully saturated rings. The molecule has 24 heavy (non-hydrogen) atoms. The third-order valence-corrected chi connectivity index (χ3v) is 4.74. The van der Waals surface area contributed by atoms with E-state index in [0.717, 1.165) is 17.9 Å². The monoisotopic (exact) mass is 328 g/mol. The maximum Gasteiger partial charge on any atom is 0.346 e. The molecule has 0 radical (unpaired) electrons. The van der Waals surface area contributed by atoms with Crippen molar-refractivity contribution in [1.82, 2.24) is 10.3 Å². The van der Waals surface area contributed by atoms with Crippen LogP contribution in [0.25, 0.3) is 0 Å². The van der Waals surface area contributed by atoms with Gasteiger partial charge in [0.15, 0.2) is 0 Å². The summed E-state index contributed by atoms with van der Waals surface area (Å²) in [7, 11) is 0. The lowest BCUT2D eigenvalue weighted by molar-refractivity contribution is -0.255. The van der Waals surface area contributed by atoms with Crippen molar-refractivity contribution in [3.63, 3.8) is 0 Å². The Labute approximate surface area is 139 Å². The summed E-state index contributed by atoms with van der Waals surface area (Å²) in [5.74, 6) is -1.02. The molecule has 0 aromatic heterocycles. The Morgan fingerprint density at radius 2 is 1.92 bits per heavy atom. The molecule has 0 bridgehead atoms. The fourth-order valence-corrected chi connectivity index (χ4v) is 3.13. The van der Waals surface area contributed by atoms with Crippen LogP contribution in [0, 0.1) is 5.92 Å². The highest BCUT2D eigenvalue weighted by molar-refractivity contribution is 6.07. The molecular weight excluding hydrogens is 310 g/mol. The van der Waals surface area contributed by atoms with Crippen LogP contribution < -0.4 is 10.4 Å². The molecule has 1 spiro atoms. The number of rotatable bonds is 3. The lowest BCUT2D eigenvalue weighted by Crippen LogP contribution is -2.49. The number of carbonyl (C=O) groups is 3. The number of hydrogen-bond donors (Lipinski definition) is 1. The van der Waals surface area contributed by atoms with Crippen molar-refractivity contribution in [2.24, 2.45) is 11.0 Å². The lowest BCUT2D eigenvalue weighted by Gasteiger charge is -2.33. The van der Waals surface area contributed by atoms with E-state index in [2.05, 4.69) is 17.3 Å². The molecule has 1 saturated heterocycles. The van der Waals surface area contributed by atoms with Gasteiger partial charge in [-0.1, -0.05) is 31.2 Å². The zero-order valence-electron chi connectivity index (χ0n) is 13.3. The fourth-order valence-electron chi connectivity index (χ4n) is 3.13. The molecule has 3 amide bonds. The smallest absolute Gasteiger partial charge is 0.346 e. The van der Waals surface area contributed by atoms with E-state index >= 15 is 0 Å². The van der Waals surface area contributed by atoms with Gasteiger partial charge in [-0.3, -0.25) is 4.79 Å². The number of nitrogens with zero attached hydrogens (tertiary/aromatic N) is 2. The summed E-state index contributed by atoms with van der Waals surface area (Å²) >= 11 is 0. The van der Waals surface area contributed by atoms with Gasteiger partial charge in [-0.05, 0) is 42.7 Å². The maximum atomic E-state index is 12.6. The first-order valence-corrected chi connectivity index (χ1v) is 7.93. The van der Waals surface area contributed by atoms with Crippen LogP contribution in [0.2, 0.25) is 0 Å². The van der Waals surface area contributed by atoms with Crippen LogP contribution in [0.3, 0.4) is 0 Å². The Kier molecular flexibility index (Phi) is 4.09. The van der Waals surface area contributed by atoms with E-state index < -0.39 is 17.5 Å². The number of imide groups is 1. The predicted octanol–water partition coefficient (Wildman–Crippen LogP) is 0.885. The van der Waals surface area contributed by atoms with Crippen molar-refractivity contribution in [1.29, 1.82) is 0 Å². The average Bonchev–Trinajstić information content (AvgIpc) is 2.79. The molecule has 1 saturated carbocycles. The minimum absolute atomic E-state index is 0.0532. The molecule has 1 heterocycles. The van der Waals surface area contributed by atoms with Gasteiger partial charge in [0.05, 0.1) is 12.2 Å². The van der Waals surface area contributed by atoms with Gasteiger partial charge < -0.3 is 15.2 Å². The summed E-state index contributed by atoms with van der Waals surface area (Å²) in [5.41, 5.74) is -0.184. The van der Waals surface area contributed by atoms with Crippen molar-refractivity contribution in [2.45, 2.75) is 38.1 Å². The molecule has 0 unspecified atom stereocenters. The molecule has 0 atom stereocenters. The topological polar surface area (TPSA) is 102 Å². The van der Waals surface area contributed by atoms with Gasteiger partial charge in [-0.2, -0.15) is 5.10 Å². The predicted molar refractivity (Wildman–Crippen MR) is 84.1 cm³/mol. The molecule has 1 aliphatic carbocycles. The summed E-state index contributed by atoms with van der Waals surface area (Å²) in [6.07, 6.45) is 4.42. The second-order valence-corrected chi connectivity index (χ2v) is 6.47. The van der Waals surface area contributed by atoms with Gasteiger partial charge in [0.25, 0.3) is 5.91 Å². The first-order valence-electron chi connectivity index (χ1n) is 7.93. The van der Waals surface area contributed by atoms with E-state index in [9.17, 15) is 19.5 Å². The molecule has 1 N–H and O–H groups in total. The van der Waals surface area contributed by atoms with Crippen molar-refractivity contribution >= 4 is 24.1 Å². The van der Waals surface area contributed by atoms with Crippen molar-refractivity contribution < 1.29 is 19.5 Å². The highest BCUT2D eigenvalue weighted by atomic mass is 16.4. The number of carboxylic acid groups (broad SMARTS) is 1. The molecule has 126 valence electrons. The van der Waals surface area contributed by atoms with Crippen molar-refractivity contribution in [2.75, 3.05) is 0 Å². The Morgan fingerprint density at radius 3 is 2.50 bits per heavy atom. The summed E-state index contributed by atoms with van der Waals surface area (Å²) in [6.45, 7) is 2.14. The van der Waals surface area contributed by atoms with Gasteiger partial charge in [0, 0.05) is 0 Å². The largest absolute Gasteiger partial charge is 0.545 e. The van der Waals surface area contributed by atoms with Gasteiger partial charge in [-0.25, -0.2) is 4.79 Å². The Balaban J connectivity index is 1.74. The number of nitrogens with one attached hydrogen (secondary N) is 1. The molecule has 1 aliphatic heterocycles. The van der Waals surface area contributed by atoms with Gasteiger partial charge in [-0.15, -0.1) is 5.01 Å². The molecule has 1 aromatic rings. The van der Waals surface area contributed by atoms with E-state index in [4.69, 9.17) is 0 Å². The van der Waals surface area contributed by atoms with E-state index in [1.165, 1.54) is 30.5 Å². The number of carbonyl (C=O) groups excluding carboxylic acids is 3. The van der Waals surface area contributed by atoms with Crippen LogP contribution in [-0.2, 0) is 4.79 Å². The number of benzene rings is 1. The molecule has 7 heteroatoms. The number of hydrazone groups is 1. The summed E-state index contributed by atoms with van der Waals surface area (Å²) in [4.78, 5) is 35.4. The third kappa shape index (κ3) is 2.89. The zero-order valence-corrected chi connectivity index (χ0v) is 13.3. The lowest BCUT2D eigenvalue weighted by atomic mass is 9.77. The first-order chi connectivity index (χ1) is 11.4. The quantitative estimate of drug-likeness (QED) is 0.657. The minimum atomic E-state index is -1.26. The second-order valence-electron chi connectivity index (χ2n) is 6.47. The second kappa shape index (κ2) is 6.07. The van der Waals surface area contributed by atoms with Crippen molar-refractivity contribution in [3.05, 3.63) is 35.4 Å². The van der Waals surface area contributed by atoms with Crippen LogP contribution >= 0.6 is 0 Å². The Bertz CT molecular complexity index is 703. The number of hydrogen-bond acceptors (Lipinski definition) is 5. The standard InChI is InChI=1S/C17H19N3O4/c1-11-6-8-17(9-7-11)15(23)20(16(24)19-17)18-10-12-2-4-13(5-3-12)14(21)22/h2-5,10-11H,6-9H2,1H3,(H,19,24)(H,21,22)/p-1/b18-10-. The van der Waals surface area contributed by atoms with Crippen LogP contribution in [0.1, 0.15) is 48.5 Å². The average molecular weight is 328 g/mol. The van der Waals surface area contributed by atoms with E-state index in [0.29, 0.717) is 24.3 Å². The number of carboxylic acids is 1. The maximum absolute atomic E-state index is 12.6. The molecule has 1 aromatic carbocycles. The molecule has 7 nitrogen and oxygen atoms in total. The molecule has 3 rings (SSSR count). The van der Waals surface area contributed by atoms with Crippen LogP contribution in [0.15, 0.2) is 29.4 Å². The van der Waals surface area contributed by atoms with Crippen LogP contribution in [0.5, 0.6) is 0 Å². The van der Waals surface area contributed by atoms with Gasteiger partial charge in [0.1, 0.15) is 5.54 Å². The summed E-state index contributed by atoms with van der Waals surface area (Å²) in [6, 6.07) is 5.31. The highest BCUT2D eigenvalue weighted by Crippen LogP contribution is 2.36. The van der Waals surface area contributed by atoms with E-state index in [1.807, 2.05) is 0 Å². The highest BCUT2D eigenvalue weighted by Gasteiger charge is 2.52. The molecule has 2 aliphatic rings. The van der Waals surface area contributed by atoms with E-state index in [1.54, 1.807) is 0 Å². The van der Waals surface area contributed by atoms with Gasteiger partial charge >= 0.3 is 6.03 Å². The zero-order chi connectivity index (χ0) is 17.3. The fraction of sp³-hybridized carbons (Fsp3) is 0.412. The van der Waals surface area contributed by atoms with Crippen molar-refractivity contribution in [3.8, 4) is 0 Å². The number of urea groups is 1. The minimum Gasteiger partial charge on any atom is -0.545 e. The summed E-state index contributed by atoms with van der Waals surface area (Å²) < 4.78 is 0. The van der Waals surface area contributed by atoms with E-state index in [-0.39, 0.29) is 11.5 Å². The molecular formula is C17H18N3O4-. The normalized spacial score (nSPS) is 27.0. The number of amides is 3. The van der Waals surface area contributed by atoms with Crippen LogP contribution in [-0.4, -0.2) is 34.7 Å². The van der Waals surface area contributed by atoms with Gasteiger partial charge in [0.2, 0.25) is 0 Å².